The van der Waals surface area contributed by atoms with Gasteiger partial charge in [0, 0.05) is 33.7 Å². The first-order chi connectivity index (χ1) is 19.7. The number of fused-ring (bicyclic) bond motifs is 1. The molecule has 0 saturated heterocycles. The van der Waals surface area contributed by atoms with Crippen LogP contribution in [0.1, 0.15) is 35.6 Å². The summed E-state index contributed by atoms with van der Waals surface area (Å²) in [5.41, 5.74) is -2.05. The van der Waals surface area contributed by atoms with E-state index in [9.17, 15) is 42.2 Å². The number of alkyl halides is 3. The number of aromatic hydroxyl groups is 1. The maximum Gasteiger partial charge on any atom is 0.418 e. The molecule has 0 saturated carbocycles. The highest BCUT2D eigenvalue weighted by Gasteiger charge is 2.36. The third-order valence-electron chi connectivity index (χ3n) is 6.44. The van der Waals surface area contributed by atoms with Crippen molar-refractivity contribution in [3.05, 3.63) is 97.6 Å². The fourth-order valence-electron chi connectivity index (χ4n) is 4.45. The Kier molecular flexibility index (Phi) is 8.44. The van der Waals surface area contributed by atoms with Crippen molar-refractivity contribution in [2.24, 2.45) is 0 Å². The third kappa shape index (κ3) is 6.31. The van der Waals surface area contributed by atoms with Crippen molar-refractivity contribution >= 4 is 46.2 Å². The smallest absolute Gasteiger partial charge is 0.418 e. The molecule has 218 valence electrons. The van der Waals surface area contributed by atoms with E-state index >= 15 is 0 Å². The molecule has 1 aromatic heterocycles. The minimum atomic E-state index is -5.12. The van der Waals surface area contributed by atoms with Crippen LogP contribution in [0.4, 0.5) is 23.2 Å². The molecule has 1 amide bonds. The molecule has 3 N–H and O–H groups in total. The van der Waals surface area contributed by atoms with Crippen LogP contribution >= 0.6 is 11.6 Å². The summed E-state index contributed by atoms with van der Waals surface area (Å²) in [6.07, 6.45) is -4.23. The minimum absolute atomic E-state index is 0.0750. The van der Waals surface area contributed by atoms with E-state index < -0.39 is 52.9 Å². The number of hydrogen-bond acceptors (Lipinski definition) is 5. The molecular formula is C30H22ClF4NO6. The summed E-state index contributed by atoms with van der Waals surface area (Å²) in [6.45, 7) is 3.37. The number of carbonyl (C=O) groups is 2. The van der Waals surface area contributed by atoms with Gasteiger partial charge in [-0.3, -0.25) is 4.79 Å². The van der Waals surface area contributed by atoms with Crippen LogP contribution in [0.15, 0.2) is 63.3 Å². The molecule has 1 heterocycles. The second-order valence-electron chi connectivity index (χ2n) is 9.36. The Balaban J connectivity index is 1.89. The summed E-state index contributed by atoms with van der Waals surface area (Å²) in [7, 11) is 0. The molecule has 0 aliphatic rings. The first-order valence-electron chi connectivity index (χ1n) is 12.4. The summed E-state index contributed by atoms with van der Waals surface area (Å²) in [5.74, 6) is -4.77. The van der Waals surface area contributed by atoms with Crippen molar-refractivity contribution in [1.82, 2.24) is 0 Å². The lowest BCUT2D eigenvalue weighted by Crippen LogP contribution is -2.22. The van der Waals surface area contributed by atoms with Crippen LogP contribution in [-0.4, -0.2) is 22.1 Å². The Bertz CT molecular complexity index is 1830. The Morgan fingerprint density at radius 1 is 1.12 bits per heavy atom. The van der Waals surface area contributed by atoms with E-state index in [1.54, 1.807) is 44.2 Å². The first kappa shape index (κ1) is 30.3. The van der Waals surface area contributed by atoms with Crippen LogP contribution in [0.25, 0.3) is 28.2 Å². The van der Waals surface area contributed by atoms with Gasteiger partial charge in [-0.1, -0.05) is 36.7 Å². The molecule has 0 radical (unpaired) electrons. The van der Waals surface area contributed by atoms with Crippen molar-refractivity contribution < 1.29 is 41.8 Å². The van der Waals surface area contributed by atoms with E-state index in [1.807, 2.05) is 5.32 Å². The van der Waals surface area contributed by atoms with Crippen LogP contribution < -0.4 is 10.9 Å². The number of amides is 1. The quantitative estimate of drug-likeness (QED) is 0.0880. The molecule has 0 atom stereocenters. The van der Waals surface area contributed by atoms with Gasteiger partial charge in [0.05, 0.1) is 23.2 Å². The molecule has 4 aromatic rings. The summed E-state index contributed by atoms with van der Waals surface area (Å²) >= 11 is 6.23. The molecule has 0 fully saturated rings. The van der Waals surface area contributed by atoms with Gasteiger partial charge in [0.1, 0.15) is 17.1 Å². The van der Waals surface area contributed by atoms with Gasteiger partial charge in [-0.05, 0) is 54.3 Å². The zero-order valence-corrected chi connectivity index (χ0v) is 22.8. The van der Waals surface area contributed by atoms with Gasteiger partial charge in [0.25, 0.3) is 0 Å². The molecule has 4 rings (SSSR count). The molecule has 0 bridgehead atoms. The maximum absolute atomic E-state index is 13.6. The zero-order valence-electron chi connectivity index (χ0n) is 22.0. The summed E-state index contributed by atoms with van der Waals surface area (Å²) in [5, 5.41) is 22.0. The standard InChI is InChI=1S/C30H22ClF4NO6/c1-3-16(28(39)40)8-15-5-4-6-17(9-15)26-19-7-14(2)22(31)13-24(19)42-29(41)20(26)12-25(38)36-27-21(30(33,34)35)10-18(32)11-23(27)37/h4-11,13,37H,3,12H2,1-2H3,(H,36,38)(H,39,40)/b16-8+. The number of carbonyl (C=O) groups excluding carboxylic acids is 1. The molecule has 0 unspecified atom stereocenters. The Labute approximate surface area is 240 Å². The number of rotatable bonds is 7. The van der Waals surface area contributed by atoms with Crippen molar-refractivity contribution in [1.29, 1.82) is 0 Å². The van der Waals surface area contributed by atoms with Gasteiger partial charge >= 0.3 is 17.8 Å². The number of aliphatic carboxylic acids is 1. The Morgan fingerprint density at radius 2 is 1.83 bits per heavy atom. The van der Waals surface area contributed by atoms with Crippen LogP contribution in [0.3, 0.4) is 0 Å². The number of phenolic OH excluding ortho intramolecular Hbond substituents is 1. The highest BCUT2D eigenvalue weighted by Crippen LogP contribution is 2.40. The van der Waals surface area contributed by atoms with E-state index in [0.29, 0.717) is 33.2 Å². The maximum atomic E-state index is 13.6. The van der Waals surface area contributed by atoms with Crippen molar-refractivity contribution in [2.45, 2.75) is 32.9 Å². The van der Waals surface area contributed by atoms with Gasteiger partial charge in [-0.2, -0.15) is 13.2 Å². The van der Waals surface area contributed by atoms with E-state index in [-0.39, 0.29) is 34.8 Å². The topological polar surface area (TPSA) is 117 Å². The number of nitrogens with one attached hydrogen (secondary N) is 1. The fourth-order valence-corrected chi connectivity index (χ4v) is 4.60. The highest BCUT2D eigenvalue weighted by molar-refractivity contribution is 6.32. The lowest BCUT2D eigenvalue weighted by atomic mass is 9.93. The van der Waals surface area contributed by atoms with Crippen LogP contribution in [0.2, 0.25) is 5.02 Å². The Morgan fingerprint density at radius 3 is 2.48 bits per heavy atom. The molecule has 3 aromatic carbocycles. The third-order valence-corrected chi connectivity index (χ3v) is 6.85. The zero-order chi connectivity index (χ0) is 30.9. The second-order valence-corrected chi connectivity index (χ2v) is 9.77. The summed E-state index contributed by atoms with van der Waals surface area (Å²) in [6, 6.07) is 10.0. The molecule has 0 aliphatic heterocycles. The average molecular weight is 604 g/mol. The lowest BCUT2D eigenvalue weighted by molar-refractivity contribution is -0.137. The second kappa shape index (κ2) is 11.7. The number of aryl methyl sites for hydroxylation is 1. The molecular weight excluding hydrogens is 582 g/mol. The number of phenols is 1. The van der Waals surface area contributed by atoms with E-state index in [2.05, 4.69) is 0 Å². The number of hydrogen-bond donors (Lipinski definition) is 3. The van der Waals surface area contributed by atoms with Gasteiger partial charge in [-0.15, -0.1) is 0 Å². The minimum Gasteiger partial charge on any atom is -0.506 e. The average Bonchev–Trinajstić information content (AvgIpc) is 2.89. The molecule has 12 heteroatoms. The van der Waals surface area contributed by atoms with Crippen LogP contribution in [0.5, 0.6) is 5.75 Å². The largest absolute Gasteiger partial charge is 0.506 e. The summed E-state index contributed by atoms with van der Waals surface area (Å²) in [4.78, 5) is 37.8. The van der Waals surface area contributed by atoms with E-state index in [1.165, 1.54) is 12.1 Å². The molecule has 42 heavy (non-hydrogen) atoms. The van der Waals surface area contributed by atoms with Gasteiger partial charge < -0.3 is 19.9 Å². The van der Waals surface area contributed by atoms with E-state index in [4.69, 9.17) is 16.0 Å². The SMILES string of the molecule is CC/C(=C\c1cccc(-c2c(CC(=O)Nc3c(O)cc(F)cc3C(F)(F)F)c(=O)oc3cc(Cl)c(C)cc23)c1)C(=O)O. The van der Waals surface area contributed by atoms with Crippen molar-refractivity contribution in [2.75, 3.05) is 5.32 Å². The number of halogens is 5. The molecule has 0 spiro atoms. The number of carboxylic acids is 1. The summed E-state index contributed by atoms with van der Waals surface area (Å²) < 4.78 is 59.7. The predicted octanol–water partition coefficient (Wildman–Crippen LogP) is 7.34. The normalized spacial score (nSPS) is 12.0. The Hall–Kier alpha value is -4.64. The van der Waals surface area contributed by atoms with Gasteiger partial charge in [0.15, 0.2) is 0 Å². The highest BCUT2D eigenvalue weighted by atomic mass is 35.5. The molecule has 0 aliphatic carbocycles. The number of carboxylic acid groups (broad SMARTS) is 1. The first-order valence-corrected chi connectivity index (χ1v) is 12.8. The van der Waals surface area contributed by atoms with Crippen LogP contribution in [0, 0.1) is 12.7 Å². The van der Waals surface area contributed by atoms with Crippen molar-refractivity contribution in [3.8, 4) is 16.9 Å². The van der Waals surface area contributed by atoms with E-state index in [0.717, 1.165) is 0 Å². The molecule has 7 nitrogen and oxygen atoms in total. The van der Waals surface area contributed by atoms with Gasteiger partial charge in [0.2, 0.25) is 5.91 Å². The lowest BCUT2D eigenvalue weighted by Gasteiger charge is -2.17. The van der Waals surface area contributed by atoms with Crippen molar-refractivity contribution in [3.63, 3.8) is 0 Å². The fraction of sp³-hybridized carbons (Fsp3) is 0.167. The van der Waals surface area contributed by atoms with Crippen LogP contribution in [-0.2, 0) is 22.2 Å². The monoisotopic (exact) mass is 603 g/mol. The van der Waals surface area contributed by atoms with Gasteiger partial charge in [-0.25, -0.2) is 14.0 Å². The number of benzene rings is 3. The number of anilines is 1. The predicted molar refractivity (Wildman–Crippen MR) is 149 cm³/mol.